The Bertz CT molecular complexity index is 381. The Morgan fingerprint density at radius 3 is 2.92 bits per heavy atom. The van der Waals surface area contributed by atoms with Crippen LogP contribution in [0.3, 0.4) is 0 Å². The Labute approximate surface area is 75.5 Å². The van der Waals surface area contributed by atoms with Gasteiger partial charge < -0.3 is 4.57 Å². The molecule has 0 amide bonds. The monoisotopic (exact) mass is 178 g/mol. The number of benzene rings is 1. The second-order valence-electron chi connectivity index (χ2n) is 2.64. The van der Waals surface area contributed by atoms with E-state index < -0.39 is 0 Å². The molecule has 2 nitrogen and oxygen atoms in total. The van der Waals surface area contributed by atoms with Gasteiger partial charge in [0.1, 0.15) is 0 Å². The van der Waals surface area contributed by atoms with E-state index in [1.807, 2.05) is 12.1 Å². The summed E-state index contributed by atoms with van der Waals surface area (Å²) in [4.78, 5) is 0. The van der Waals surface area contributed by atoms with Crippen molar-refractivity contribution in [1.29, 1.82) is 0 Å². The topological polar surface area (TPSA) is 30.9 Å². The second-order valence-corrected chi connectivity index (χ2v) is 3.23. The molecule has 0 aliphatic heterocycles. The van der Waals surface area contributed by atoms with Crippen LogP contribution in [0, 0.1) is 0 Å². The van der Waals surface area contributed by atoms with Gasteiger partial charge in [-0.1, -0.05) is 30.1 Å². The lowest BCUT2D eigenvalue weighted by Crippen LogP contribution is -1.93. The molecule has 0 atom stereocenters. The first kappa shape index (κ1) is 7.71. The predicted molar refractivity (Wildman–Crippen MR) is 53.7 cm³/mol. The highest BCUT2D eigenvalue weighted by Gasteiger charge is 1.97. The lowest BCUT2D eigenvalue weighted by atomic mass is 10.2. The molecule has 1 heterocycles. The second kappa shape index (κ2) is 3.21. The molecule has 0 saturated carbocycles. The van der Waals surface area contributed by atoms with E-state index >= 15 is 0 Å². The van der Waals surface area contributed by atoms with E-state index in [1.54, 1.807) is 0 Å². The molecule has 0 unspecified atom stereocenters. The molecule has 2 rings (SSSR count). The van der Waals surface area contributed by atoms with Gasteiger partial charge in [-0.2, -0.15) is 0 Å². The van der Waals surface area contributed by atoms with E-state index in [4.69, 9.17) is 5.14 Å². The number of aromatic nitrogens is 1. The standard InChI is InChI=1S/C9H10N2S/c10-12-7-11-6-5-8-3-1-2-4-9(8)11/h1-6H,7,10H2. The quantitative estimate of drug-likeness (QED) is 0.715. The zero-order chi connectivity index (χ0) is 8.39. The number of hydrogen-bond donors (Lipinski definition) is 1. The number of fused-ring (bicyclic) bond motifs is 1. The lowest BCUT2D eigenvalue weighted by Gasteiger charge is -2.00. The van der Waals surface area contributed by atoms with Crippen molar-refractivity contribution in [2.24, 2.45) is 5.14 Å². The molecule has 0 spiro atoms. The number of nitrogens with two attached hydrogens (primary N) is 1. The number of nitrogens with zero attached hydrogens (tertiary/aromatic N) is 1. The van der Waals surface area contributed by atoms with E-state index in [-0.39, 0.29) is 0 Å². The van der Waals surface area contributed by atoms with Crippen molar-refractivity contribution < 1.29 is 0 Å². The molecule has 62 valence electrons. The van der Waals surface area contributed by atoms with Crippen LogP contribution in [0.15, 0.2) is 36.5 Å². The van der Waals surface area contributed by atoms with Gasteiger partial charge in [0.15, 0.2) is 0 Å². The highest BCUT2D eigenvalue weighted by molar-refractivity contribution is 7.96. The van der Waals surface area contributed by atoms with Gasteiger partial charge in [-0.15, -0.1) is 0 Å². The van der Waals surface area contributed by atoms with Crippen LogP contribution in [0.1, 0.15) is 0 Å². The predicted octanol–water partition coefficient (Wildman–Crippen LogP) is 2.21. The van der Waals surface area contributed by atoms with Crippen LogP contribution < -0.4 is 5.14 Å². The average molecular weight is 178 g/mol. The SMILES string of the molecule is NSCn1ccc2ccccc21. The highest BCUT2D eigenvalue weighted by atomic mass is 32.2. The lowest BCUT2D eigenvalue weighted by molar-refractivity contribution is 0.942. The highest BCUT2D eigenvalue weighted by Crippen LogP contribution is 2.15. The summed E-state index contributed by atoms with van der Waals surface area (Å²) in [7, 11) is 0. The zero-order valence-corrected chi connectivity index (χ0v) is 7.42. The van der Waals surface area contributed by atoms with Crippen molar-refractivity contribution in [3.63, 3.8) is 0 Å². The summed E-state index contributed by atoms with van der Waals surface area (Å²) in [6.07, 6.45) is 2.06. The molecule has 3 heteroatoms. The third-order valence-electron chi connectivity index (χ3n) is 1.89. The zero-order valence-electron chi connectivity index (χ0n) is 6.60. The van der Waals surface area contributed by atoms with Gasteiger partial charge in [0.2, 0.25) is 0 Å². The summed E-state index contributed by atoms with van der Waals surface area (Å²) in [6.45, 7) is 0. The summed E-state index contributed by atoms with van der Waals surface area (Å²) in [5.74, 6) is 0.813. The maximum atomic E-state index is 5.41. The largest absolute Gasteiger partial charge is 0.336 e. The van der Waals surface area contributed by atoms with Crippen molar-refractivity contribution in [3.8, 4) is 0 Å². The van der Waals surface area contributed by atoms with Crippen LogP contribution in [-0.2, 0) is 5.88 Å². The van der Waals surface area contributed by atoms with Crippen LogP contribution in [0.4, 0.5) is 0 Å². The molecule has 0 radical (unpaired) electrons. The van der Waals surface area contributed by atoms with Gasteiger partial charge in [-0.25, -0.2) is 0 Å². The van der Waals surface area contributed by atoms with Crippen LogP contribution in [0.25, 0.3) is 10.9 Å². The minimum absolute atomic E-state index is 0.813. The fourth-order valence-electron chi connectivity index (χ4n) is 1.33. The molecule has 0 fully saturated rings. The molecule has 0 aliphatic rings. The molecular weight excluding hydrogens is 168 g/mol. The molecule has 0 saturated heterocycles. The first-order valence-corrected chi connectivity index (χ1v) is 4.82. The fraction of sp³-hybridized carbons (Fsp3) is 0.111. The van der Waals surface area contributed by atoms with Crippen LogP contribution in [-0.4, -0.2) is 4.57 Å². The Kier molecular flexibility index (Phi) is 2.06. The van der Waals surface area contributed by atoms with Crippen molar-refractivity contribution >= 4 is 22.9 Å². The fourth-order valence-corrected chi connectivity index (χ4v) is 1.72. The Morgan fingerprint density at radius 1 is 1.25 bits per heavy atom. The molecule has 1 aromatic heterocycles. The number of rotatable bonds is 2. The average Bonchev–Trinajstić information content (AvgIpc) is 2.50. The molecular formula is C9H10N2S. The van der Waals surface area contributed by atoms with E-state index in [2.05, 4.69) is 29.0 Å². The van der Waals surface area contributed by atoms with Gasteiger partial charge >= 0.3 is 0 Å². The third kappa shape index (κ3) is 1.21. The molecule has 12 heavy (non-hydrogen) atoms. The van der Waals surface area contributed by atoms with E-state index in [0.717, 1.165) is 5.88 Å². The first-order chi connectivity index (χ1) is 5.92. The van der Waals surface area contributed by atoms with Crippen LogP contribution >= 0.6 is 11.9 Å². The minimum atomic E-state index is 0.813. The maximum Gasteiger partial charge on any atom is 0.0824 e. The Hall–Kier alpha value is -0.930. The first-order valence-electron chi connectivity index (χ1n) is 3.77. The van der Waals surface area contributed by atoms with Gasteiger partial charge in [0.25, 0.3) is 0 Å². The van der Waals surface area contributed by atoms with Gasteiger partial charge in [0.05, 0.1) is 5.88 Å². The van der Waals surface area contributed by atoms with Crippen LogP contribution in [0.2, 0.25) is 0 Å². The van der Waals surface area contributed by atoms with Crippen LogP contribution in [0.5, 0.6) is 0 Å². The van der Waals surface area contributed by atoms with Crippen molar-refractivity contribution in [2.45, 2.75) is 5.88 Å². The third-order valence-corrected chi connectivity index (χ3v) is 2.32. The van der Waals surface area contributed by atoms with E-state index in [0.29, 0.717) is 0 Å². The number of para-hydroxylation sites is 1. The Balaban J connectivity index is 2.55. The summed E-state index contributed by atoms with van der Waals surface area (Å²) < 4.78 is 2.14. The van der Waals surface area contributed by atoms with Crippen molar-refractivity contribution in [3.05, 3.63) is 36.5 Å². The smallest absolute Gasteiger partial charge is 0.0824 e. The van der Waals surface area contributed by atoms with Gasteiger partial charge in [-0.05, 0) is 17.5 Å². The van der Waals surface area contributed by atoms with E-state index in [9.17, 15) is 0 Å². The summed E-state index contributed by atoms with van der Waals surface area (Å²) >= 11 is 1.34. The van der Waals surface area contributed by atoms with Gasteiger partial charge in [-0.3, -0.25) is 5.14 Å². The molecule has 0 bridgehead atoms. The molecule has 2 aromatic rings. The molecule has 0 aliphatic carbocycles. The molecule has 1 aromatic carbocycles. The molecule has 2 N–H and O–H groups in total. The van der Waals surface area contributed by atoms with E-state index in [1.165, 1.54) is 22.9 Å². The van der Waals surface area contributed by atoms with Crippen molar-refractivity contribution in [2.75, 3.05) is 0 Å². The number of hydrogen-bond acceptors (Lipinski definition) is 2. The summed E-state index contributed by atoms with van der Waals surface area (Å²) in [5.41, 5.74) is 1.25. The maximum absolute atomic E-state index is 5.41. The Morgan fingerprint density at radius 2 is 2.08 bits per heavy atom. The summed E-state index contributed by atoms with van der Waals surface area (Å²) in [6, 6.07) is 10.4. The van der Waals surface area contributed by atoms with Crippen molar-refractivity contribution in [1.82, 2.24) is 4.57 Å². The minimum Gasteiger partial charge on any atom is -0.336 e. The summed E-state index contributed by atoms with van der Waals surface area (Å²) in [5, 5.41) is 6.68. The van der Waals surface area contributed by atoms with Gasteiger partial charge in [0, 0.05) is 11.7 Å². The normalized spacial score (nSPS) is 10.8.